The molecule has 176 valence electrons. The summed E-state index contributed by atoms with van der Waals surface area (Å²) < 4.78 is 25.6. The van der Waals surface area contributed by atoms with Crippen LogP contribution in [0, 0.1) is 5.82 Å². The number of ether oxygens (including phenoxy) is 2. The van der Waals surface area contributed by atoms with E-state index < -0.39 is 11.2 Å². The summed E-state index contributed by atoms with van der Waals surface area (Å²) in [7, 11) is 0. The third-order valence-corrected chi connectivity index (χ3v) is 6.91. The van der Waals surface area contributed by atoms with Gasteiger partial charge in [0.15, 0.2) is 11.6 Å². The summed E-state index contributed by atoms with van der Waals surface area (Å²) in [5.41, 5.74) is 1.13. The number of hydrogen-bond donors (Lipinski definition) is 0. The normalized spacial score (nSPS) is 20.0. The van der Waals surface area contributed by atoms with Crippen molar-refractivity contribution >= 4 is 5.91 Å². The molecule has 1 aromatic heterocycles. The summed E-state index contributed by atoms with van der Waals surface area (Å²) in [6.07, 6.45) is 6.21. The number of amides is 1. The molecule has 1 amide bonds. The van der Waals surface area contributed by atoms with Crippen molar-refractivity contribution in [3.8, 4) is 11.6 Å². The molecule has 2 aliphatic rings. The third kappa shape index (κ3) is 4.40. The van der Waals surface area contributed by atoms with Crippen LogP contribution < -0.4 is 4.74 Å². The topological polar surface area (TPSA) is 64.6 Å². The molecule has 3 heterocycles. The Morgan fingerprint density at radius 3 is 2.56 bits per heavy atom. The van der Waals surface area contributed by atoms with Crippen molar-refractivity contribution in [3.05, 3.63) is 84.1 Å². The molecule has 1 unspecified atom stereocenters. The van der Waals surface area contributed by atoms with Gasteiger partial charge in [-0.1, -0.05) is 42.5 Å². The number of rotatable bonds is 5. The van der Waals surface area contributed by atoms with Crippen molar-refractivity contribution in [2.75, 3.05) is 26.3 Å². The highest BCUT2D eigenvalue weighted by Gasteiger charge is 2.45. The molecule has 2 aromatic carbocycles. The van der Waals surface area contributed by atoms with E-state index in [0.717, 1.165) is 18.4 Å². The van der Waals surface area contributed by atoms with E-state index >= 15 is 0 Å². The number of halogens is 1. The lowest BCUT2D eigenvalue weighted by molar-refractivity contribution is -0.142. The van der Waals surface area contributed by atoms with Gasteiger partial charge in [0.1, 0.15) is 5.69 Å². The van der Waals surface area contributed by atoms with Crippen LogP contribution in [0.3, 0.4) is 0 Å². The fourth-order valence-electron chi connectivity index (χ4n) is 5.12. The Bertz CT molecular complexity index is 1130. The minimum Gasteiger partial charge on any atom is -0.434 e. The van der Waals surface area contributed by atoms with E-state index in [1.807, 2.05) is 35.2 Å². The van der Waals surface area contributed by atoms with Crippen molar-refractivity contribution in [1.29, 1.82) is 0 Å². The molecule has 0 bridgehead atoms. The van der Waals surface area contributed by atoms with Gasteiger partial charge in [-0.15, -0.1) is 0 Å². The predicted octanol–water partition coefficient (Wildman–Crippen LogP) is 4.86. The van der Waals surface area contributed by atoms with Crippen LogP contribution in [0.25, 0.3) is 0 Å². The number of carbonyl (C=O) groups is 1. The summed E-state index contributed by atoms with van der Waals surface area (Å²) in [5, 5.41) is 0. The lowest BCUT2D eigenvalue weighted by atomic mass is 9.72. The summed E-state index contributed by atoms with van der Waals surface area (Å²) in [5.74, 6) is 0.0471. The monoisotopic (exact) mass is 461 g/mol. The van der Waals surface area contributed by atoms with Gasteiger partial charge in [-0.3, -0.25) is 9.78 Å². The summed E-state index contributed by atoms with van der Waals surface area (Å²) in [4.78, 5) is 24.9. The maximum atomic E-state index is 14.2. The molecule has 34 heavy (non-hydrogen) atoms. The van der Waals surface area contributed by atoms with Gasteiger partial charge >= 0.3 is 0 Å². The lowest BCUT2D eigenvalue weighted by Gasteiger charge is -2.42. The lowest BCUT2D eigenvalue weighted by Crippen LogP contribution is -2.52. The van der Waals surface area contributed by atoms with E-state index in [9.17, 15) is 9.18 Å². The maximum Gasteiger partial charge on any atom is 0.241 e. The SMILES string of the molecule is O=C(N1CCCC(c2nccnc2Oc2ccccc2F)C1)C1(c2ccccc2)CCOCC1. The number of likely N-dealkylation sites (tertiary alicyclic amines) is 1. The molecular formula is C27H28FN3O3. The molecule has 2 saturated heterocycles. The van der Waals surface area contributed by atoms with Gasteiger partial charge < -0.3 is 14.4 Å². The molecule has 5 rings (SSSR count). The second-order valence-electron chi connectivity index (χ2n) is 8.93. The largest absolute Gasteiger partial charge is 0.434 e. The minimum atomic E-state index is -0.573. The van der Waals surface area contributed by atoms with E-state index in [4.69, 9.17) is 9.47 Å². The highest BCUT2D eigenvalue weighted by molar-refractivity contribution is 5.88. The summed E-state index contributed by atoms with van der Waals surface area (Å²) >= 11 is 0. The molecule has 6 nitrogen and oxygen atoms in total. The van der Waals surface area contributed by atoms with E-state index in [0.29, 0.717) is 44.8 Å². The van der Waals surface area contributed by atoms with E-state index in [1.165, 1.54) is 12.3 Å². The number of benzene rings is 2. The van der Waals surface area contributed by atoms with Crippen molar-refractivity contribution in [2.45, 2.75) is 37.0 Å². The molecule has 0 saturated carbocycles. The average molecular weight is 462 g/mol. The number of carbonyl (C=O) groups excluding carboxylic acids is 1. The zero-order chi connectivity index (χ0) is 23.4. The molecule has 0 spiro atoms. The predicted molar refractivity (Wildman–Crippen MR) is 125 cm³/mol. The number of para-hydroxylation sites is 1. The van der Waals surface area contributed by atoms with Crippen molar-refractivity contribution < 1.29 is 18.7 Å². The van der Waals surface area contributed by atoms with Crippen LogP contribution in [0.5, 0.6) is 11.6 Å². The Hall–Kier alpha value is -3.32. The van der Waals surface area contributed by atoms with Crippen LogP contribution in [0.4, 0.5) is 4.39 Å². The number of piperidine rings is 1. The van der Waals surface area contributed by atoms with Gasteiger partial charge in [-0.05, 0) is 43.4 Å². The van der Waals surface area contributed by atoms with Crippen LogP contribution in [0.2, 0.25) is 0 Å². The van der Waals surface area contributed by atoms with Crippen LogP contribution in [-0.4, -0.2) is 47.1 Å². The van der Waals surface area contributed by atoms with Gasteiger partial charge in [0.2, 0.25) is 11.8 Å². The number of hydrogen-bond acceptors (Lipinski definition) is 5. The van der Waals surface area contributed by atoms with E-state index in [2.05, 4.69) is 9.97 Å². The Morgan fingerprint density at radius 1 is 1.03 bits per heavy atom. The van der Waals surface area contributed by atoms with Crippen LogP contribution in [0.1, 0.15) is 42.9 Å². The third-order valence-electron chi connectivity index (χ3n) is 6.91. The Labute approximate surface area is 198 Å². The molecular weight excluding hydrogens is 433 g/mol. The van der Waals surface area contributed by atoms with Gasteiger partial charge in [-0.2, -0.15) is 0 Å². The Morgan fingerprint density at radius 2 is 1.76 bits per heavy atom. The highest BCUT2D eigenvalue weighted by Crippen LogP contribution is 2.39. The van der Waals surface area contributed by atoms with Gasteiger partial charge in [0.25, 0.3) is 0 Å². The molecule has 0 N–H and O–H groups in total. The quantitative estimate of drug-likeness (QED) is 0.543. The molecule has 2 fully saturated rings. The molecule has 7 heteroatoms. The zero-order valence-electron chi connectivity index (χ0n) is 19.0. The Kier molecular flexibility index (Phi) is 6.54. The summed E-state index contributed by atoms with van der Waals surface area (Å²) in [6, 6.07) is 16.3. The van der Waals surface area contributed by atoms with E-state index in [1.54, 1.807) is 24.4 Å². The number of aromatic nitrogens is 2. The van der Waals surface area contributed by atoms with E-state index in [-0.39, 0.29) is 23.5 Å². The number of nitrogens with zero attached hydrogens (tertiary/aromatic N) is 3. The Balaban J connectivity index is 1.40. The van der Waals surface area contributed by atoms with Gasteiger partial charge in [0.05, 0.1) is 5.41 Å². The zero-order valence-corrected chi connectivity index (χ0v) is 19.0. The smallest absolute Gasteiger partial charge is 0.241 e. The molecule has 1 atom stereocenters. The standard InChI is InChI=1S/C27H28FN3O3/c28-22-10-4-5-11-23(22)34-25-24(29-14-15-30-25)20-7-6-16-31(19-20)26(32)27(12-17-33-18-13-27)21-8-2-1-3-9-21/h1-5,8-11,14-15,20H,6-7,12-13,16-19H2. The molecule has 2 aliphatic heterocycles. The van der Waals surface area contributed by atoms with Crippen molar-refractivity contribution in [1.82, 2.24) is 14.9 Å². The second-order valence-corrected chi connectivity index (χ2v) is 8.93. The highest BCUT2D eigenvalue weighted by atomic mass is 19.1. The minimum absolute atomic E-state index is 0.0409. The van der Waals surface area contributed by atoms with Crippen molar-refractivity contribution in [2.24, 2.45) is 0 Å². The molecule has 0 aliphatic carbocycles. The summed E-state index contributed by atoms with van der Waals surface area (Å²) in [6.45, 7) is 2.38. The first-order chi connectivity index (χ1) is 16.7. The first kappa shape index (κ1) is 22.5. The first-order valence-corrected chi connectivity index (χ1v) is 11.8. The van der Waals surface area contributed by atoms with Crippen LogP contribution in [-0.2, 0) is 14.9 Å². The fraction of sp³-hybridized carbons (Fsp3) is 0.370. The molecule has 3 aromatic rings. The van der Waals surface area contributed by atoms with Crippen molar-refractivity contribution in [3.63, 3.8) is 0 Å². The molecule has 0 radical (unpaired) electrons. The van der Waals surface area contributed by atoms with Crippen LogP contribution in [0.15, 0.2) is 67.0 Å². The fourth-order valence-corrected chi connectivity index (χ4v) is 5.12. The average Bonchev–Trinajstić information content (AvgIpc) is 2.91. The maximum absolute atomic E-state index is 14.2. The van der Waals surface area contributed by atoms with Crippen LogP contribution >= 0.6 is 0 Å². The van der Waals surface area contributed by atoms with Gasteiger partial charge in [0, 0.05) is 44.6 Å². The second kappa shape index (κ2) is 9.89. The van der Waals surface area contributed by atoms with Gasteiger partial charge in [-0.25, -0.2) is 9.37 Å². The first-order valence-electron chi connectivity index (χ1n) is 11.8.